The molecule has 0 spiro atoms. The highest BCUT2D eigenvalue weighted by Crippen LogP contribution is 2.14. The number of carbonyl (C=O) groups excluding carboxylic acids is 2. The summed E-state index contributed by atoms with van der Waals surface area (Å²) < 4.78 is 10.4. The van der Waals surface area contributed by atoms with Gasteiger partial charge in [-0.05, 0) is 31.2 Å². The van der Waals surface area contributed by atoms with Crippen LogP contribution in [0.1, 0.15) is 14.5 Å². The summed E-state index contributed by atoms with van der Waals surface area (Å²) >= 11 is 1.38. The van der Waals surface area contributed by atoms with Gasteiger partial charge in [-0.15, -0.1) is 11.3 Å². The Morgan fingerprint density at radius 3 is 2.55 bits per heavy atom. The third-order valence-electron chi connectivity index (χ3n) is 2.72. The van der Waals surface area contributed by atoms with Crippen LogP contribution >= 0.6 is 11.3 Å². The lowest BCUT2D eigenvalue weighted by Gasteiger charge is -2.07. The first-order chi connectivity index (χ1) is 10.6. The van der Waals surface area contributed by atoms with Crippen molar-refractivity contribution in [1.29, 1.82) is 0 Å². The van der Waals surface area contributed by atoms with E-state index in [9.17, 15) is 9.59 Å². The van der Waals surface area contributed by atoms with Crippen LogP contribution in [0.4, 0.5) is 0 Å². The quantitative estimate of drug-likeness (QED) is 0.629. The average Bonchev–Trinajstić information content (AvgIpc) is 2.97. The van der Waals surface area contributed by atoms with Gasteiger partial charge >= 0.3 is 5.97 Å². The van der Waals surface area contributed by atoms with E-state index in [1.165, 1.54) is 11.3 Å². The molecule has 1 amide bonds. The molecule has 1 aromatic heterocycles. The lowest BCUT2D eigenvalue weighted by molar-refractivity contribution is -0.143. The molecule has 0 aliphatic heterocycles. The first kappa shape index (κ1) is 16.0. The van der Waals surface area contributed by atoms with Crippen LogP contribution in [0.2, 0.25) is 0 Å². The fourth-order valence-electron chi connectivity index (χ4n) is 1.68. The van der Waals surface area contributed by atoms with Crippen molar-refractivity contribution in [2.24, 2.45) is 0 Å². The molecule has 2 aromatic rings. The van der Waals surface area contributed by atoms with E-state index >= 15 is 0 Å². The molecule has 0 unspecified atom stereocenters. The summed E-state index contributed by atoms with van der Waals surface area (Å²) in [6, 6.07) is 12.9. The highest BCUT2D eigenvalue weighted by molar-refractivity contribution is 7.13. The SMILES string of the molecule is Cc1ccc(C(=O)NCC(=O)OCCOc2ccccc2)s1. The number of carbonyl (C=O) groups is 2. The van der Waals surface area contributed by atoms with Gasteiger partial charge in [0, 0.05) is 4.88 Å². The Bertz CT molecular complexity index is 624. The normalized spacial score (nSPS) is 10.0. The molecule has 0 saturated carbocycles. The predicted octanol–water partition coefficient (Wildman–Crippen LogP) is 2.41. The molecule has 0 atom stereocenters. The van der Waals surface area contributed by atoms with Crippen LogP contribution in [0, 0.1) is 6.92 Å². The molecular formula is C16H17NO4S. The number of rotatable bonds is 7. The van der Waals surface area contributed by atoms with Gasteiger partial charge in [0.05, 0.1) is 4.88 Å². The van der Waals surface area contributed by atoms with Crippen molar-refractivity contribution in [2.45, 2.75) is 6.92 Å². The second-order valence-electron chi connectivity index (χ2n) is 4.47. The highest BCUT2D eigenvalue weighted by Gasteiger charge is 2.10. The van der Waals surface area contributed by atoms with Gasteiger partial charge in [0.15, 0.2) is 0 Å². The largest absolute Gasteiger partial charge is 0.490 e. The van der Waals surface area contributed by atoms with E-state index in [4.69, 9.17) is 9.47 Å². The van der Waals surface area contributed by atoms with Crippen molar-refractivity contribution in [3.63, 3.8) is 0 Å². The van der Waals surface area contributed by atoms with Crippen molar-refractivity contribution < 1.29 is 19.1 Å². The molecule has 0 aliphatic carbocycles. The van der Waals surface area contributed by atoms with Crippen molar-refractivity contribution in [1.82, 2.24) is 5.32 Å². The molecule has 0 saturated heterocycles. The van der Waals surface area contributed by atoms with Gasteiger partial charge in [0.25, 0.3) is 5.91 Å². The van der Waals surface area contributed by atoms with E-state index in [1.807, 2.05) is 43.3 Å². The summed E-state index contributed by atoms with van der Waals surface area (Å²) in [7, 11) is 0. The Labute approximate surface area is 132 Å². The summed E-state index contributed by atoms with van der Waals surface area (Å²) in [5.74, 6) is -0.0335. The zero-order valence-corrected chi connectivity index (χ0v) is 13.0. The van der Waals surface area contributed by atoms with Crippen molar-refractivity contribution in [3.8, 4) is 5.75 Å². The number of hydrogen-bond donors (Lipinski definition) is 1. The molecule has 6 heteroatoms. The van der Waals surface area contributed by atoms with Gasteiger partial charge in [0.1, 0.15) is 25.5 Å². The number of benzene rings is 1. The van der Waals surface area contributed by atoms with Crippen molar-refractivity contribution >= 4 is 23.2 Å². The maximum Gasteiger partial charge on any atom is 0.325 e. The van der Waals surface area contributed by atoms with Crippen LogP contribution in [0.3, 0.4) is 0 Å². The molecule has 116 valence electrons. The van der Waals surface area contributed by atoms with E-state index in [-0.39, 0.29) is 25.7 Å². The Kier molecular flexibility index (Phi) is 5.97. The molecule has 0 fully saturated rings. The average molecular weight is 319 g/mol. The Hall–Kier alpha value is -2.34. The molecule has 1 aromatic carbocycles. The highest BCUT2D eigenvalue weighted by atomic mass is 32.1. The Morgan fingerprint density at radius 2 is 1.86 bits per heavy atom. The molecule has 22 heavy (non-hydrogen) atoms. The van der Waals surface area contributed by atoms with E-state index < -0.39 is 5.97 Å². The minimum Gasteiger partial charge on any atom is -0.490 e. The lowest BCUT2D eigenvalue weighted by atomic mass is 10.3. The molecule has 0 aliphatic rings. The number of thiophene rings is 1. The van der Waals surface area contributed by atoms with Gasteiger partial charge in [-0.2, -0.15) is 0 Å². The zero-order chi connectivity index (χ0) is 15.8. The number of ether oxygens (including phenoxy) is 2. The molecule has 1 heterocycles. The summed E-state index contributed by atoms with van der Waals surface area (Å²) in [4.78, 5) is 24.9. The first-order valence-corrected chi connectivity index (χ1v) is 7.65. The Balaban J connectivity index is 1.61. The standard InChI is InChI=1S/C16H17NO4S/c1-12-7-8-14(22-12)16(19)17-11-15(18)21-10-9-20-13-5-3-2-4-6-13/h2-8H,9-11H2,1H3,(H,17,19). The smallest absolute Gasteiger partial charge is 0.325 e. The Morgan fingerprint density at radius 1 is 1.09 bits per heavy atom. The van der Waals surface area contributed by atoms with Gasteiger partial charge in [-0.1, -0.05) is 18.2 Å². The van der Waals surface area contributed by atoms with Gasteiger partial charge < -0.3 is 14.8 Å². The van der Waals surface area contributed by atoms with Crippen LogP contribution in [0.5, 0.6) is 5.75 Å². The summed E-state index contributed by atoms with van der Waals surface area (Å²) in [5, 5.41) is 2.53. The minimum atomic E-state index is -0.488. The van der Waals surface area contributed by atoms with Crippen LogP contribution in [-0.4, -0.2) is 31.6 Å². The molecular weight excluding hydrogens is 302 g/mol. The number of aryl methyl sites for hydroxylation is 1. The third-order valence-corrected chi connectivity index (χ3v) is 3.72. The monoisotopic (exact) mass is 319 g/mol. The van der Waals surface area contributed by atoms with Gasteiger partial charge in [-0.25, -0.2) is 0 Å². The van der Waals surface area contributed by atoms with E-state index in [0.29, 0.717) is 4.88 Å². The van der Waals surface area contributed by atoms with Crippen LogP contribution in [-0.2, 0) is 9.53 Å². The van der Waals surface area contributed by atoms with Gasteiger partial charge in [0.2, 0.25) is 0 Å². The summed E-state index contributed by atoms with van der Waals surface area (Å²) in [6.07, 6.45) is 0. The molecule has 0 radical (unpaired) electrons. The fraction of sp³-hybridized carbons (Fsp3) is 0.250. The first-order valence-electron chi connectivity index (χ1n) is 6.83. The van der Waals surface area contributed by atoms with Crippen molar-refractivity contribution in [2.75, 3.05) is 19.8 Å². The summed E-state index contributed by atoms with van der Waals surface area (Å²) in [6.45, 7) is 2.18. The molecule has 5 nitrogen and oxygen atoms in total. The maximum absolute atomic E-state index is 11.7. The second kappa shape index (κ2) is 8.19. The molecule has 1 N–H and O–H groups in total. The predicted molar refractivity (Wildman–Crippen MR) is 84.3 cm³/mol. The minimum absolute atomic E-state index is 0.141. The second-order valence-corrected chi connectivity index (χ2v) is 5.76. The number of esters is 1. The van der Waals surface area contributed by atoms with E-state index in [0.717, 1.165) is 10.6 Å². The molecule has 0 bridgehead atoms. The van der Waals surface area contributed by atoms with Crippen LogP contribution < -0.4 is 10.1 Å². The summed E-state index contributed by atoms with van der Waals surface area (Å²) in [5.41, 5.74) is 0. The number of para-hydroxylation sites is 1. The van der Waals surface area contributed by atoms with Gasteiger partial charge in [-0.3, -0.25) is 9.59 Å². The fourth-order valence-corrected chi connectivity index (χ4v) is 2.46. The van der Waals surface area contributed by atoms with Crippen LogP contribution in [0.15, 0.2) is 42.5 Å². The number of amides is 1. The van der Waals surface area contributed by atoms with E-state index in [1.54, 1.807) is 6.07 Å². The maximum atomic E-state index is 11.7. The number of nitrogens with one attached hydrogen (secondary N) is 1. The zero-order valence-electron chi connectivity index (χ0n) is 12.2. The lowest BCUT2D eigenvalue weighted by Crippen LogP contribution is -2.30. The van der Waals surface area contributed by atoms with Crippen molar-refractivity contribution in [3.05, 3.63) is 52.2 Å². The van der Waals surface area contributed by atoms with E-state index in [2.05, 4.69) is 5.32 Å². The molecule has 2 rings (SSSR count). The van der Waals surface area contributed by atoms with Crippen LogP contribution in [0.25, 0.3) is 0 Å². The number of hydrogen-bond acceptors (Lipinski definition) is 5. The third kappa shape index (κ3) is 5.21. The topological polar surface area (TPSA) is 64.6 Å².